The van der Waals surface area contributed by atoms with Gasteiger partial charge >= 0.3 is 0 Å². The Morgan fingerprint density at radius 2 is 1.96 bits per heavy atom. The molecule has 1 heterocycles. The summed E-state index contributed by atoms with van der Waals surface area (Å²) in [5.74, 6) is -0.753. The number of hydrogen-bond donors (Lipinski definition) is 2. The van der Waals surface area contributed by atoms with Crippen molar-refractivity contribution >= 4 is 15.9 Å². The summed E-state index contributed by atoms with van der Waals surface area (Å²) in [6.45, 7) is 6.08. The highest BCUT2D eigenvalue weighted by molar-refractivity contribution is 7.89. The van der Waals surface area contributed by atoms with E-state index in [-0.39, 0.29) is 29.9 Å². The van der Waals surface area contributed by atoms with Crippen LogP contribution < -0.4 is 10.2 Å². The van der Waals surface area contributed by atoms with Gasteiger partial charge in [0, 0.05) is 6.54 Å². The standard InChI is InChI=1S/C16H24FN3O3S/c1-3-8-18-16(21)13(2)19-9-11-20(12-10-19)24(22,23)15-7-5-4-6-14(15)17/h4-7,13H,3,8-12H2,1-2H3,(H,18,21)/p+1/t13-/m0/s1. The predicted octanol–water partition coefficient (Wildman–Crippen LogP) is -0.370. The average Bonchev–Trinajstić information content (AvgIpc) is 2.59. The Kier molecular flexibility index (Phi) is 6.31. The van der Waals surface area contributed by atoms with E-state index < -0.39 is 15.8 Å². The van der Waals surface area contributed by atoms with Gasteiger partial charge < -0.3 is 10.2 Å². The summed E-state index contributed by atoms with van der Waals surface area (Å²) in [6.07, 6.45) is 0.877. The number of halogens is 1. The molecule has 0 aliphatic carbocycles. The van der Waals surface area contributed by atoms with Gasteiger partial charge in [0.1, 0.15) is 10.7 Å². The van der Waals surface area contributed by atoms with Gasteiger partial charge in [0.25, 0.3) is 5.91 Å². The molecular weight excluding hydrogens is 333 g/mol. The number of nitrogens with zero attached hydrogens (tertiary/aromatic N) is 1. The molecule has 1 fully saturated rings. The summed E-state index contributed by atoms with van der Waals surface area (Å²) in [4.78, 5) is 12.8. The van der Waals surface area contributed by atoms with E-state index in [1.807, 2.05) is 13.8 Å². The lowest BCUT2D eigenvalue weighted by atomic mass is 10.2. The van der Waals surface area contributed by atoms with Crippen molar-refractivity contribution in [3.8, 4) is 0 Å². The third kappa shape index (κ3) is 4.12. The molecule has 24 heavy (non-hydrogen) atoms. The van der Waals surface area contributed by atoms with Crippen LogP contribution in [-0.4, -0.2) is 57.4 Å². The highest BCUT2D eigenvalue weighted by Gasteiger charge is 2.35. The number of hydrogen-bond acceptors (Lipinski definition) is 3. The minimum Gasteiger partial charge on any atom is -0.351 e. The minimum absolute atomic E-state index is 0.0164. The first-order chi connectivity index (χ1) is 11.4. The molecule has 6 nitrogen and oxygen atoms in total. The summed E-state index contributed by atoms with van der Waals surface area (Å²) >= 11 is 0. The number of amides is 1. The number of quaternary nitrogens is 1. The van der Waals surface area contributed by atoms with Crippen molar-refractivity contribution in [3.05, 3.63) is 30.1 Å². The SMILES string of the molecule is CCCNC(=O)[C@H](C)[NH+]1CCN(S(=O)(=O)c2ccccc2F)CC1. The summed E-state index contributed by atoms with van der Waals surface area (Å²) < 4.78 is 40.2. The maximum Gasteiger partial charge on any atom is 0.278 e. The highest BCUT2D eigenvalue weighted by Crippen LogP contribution is 2.18. The molecule has 1 aliphatic rings. The maximum atomic E-state index is 13.8. The molecule has 1 aromatic rings. The summed E-state index contributed by atoms with van der Waals surface area (Å²) in [5.41, 5.74) is 0. The van der Waals surface area contributed by atoms with Crippen molar-refractivity contribution < 1.29 is 22.5 Å². The number of piperazine rings is 1. The molecule has 0 spiro atoms. The fourth-order valence-electron chi connectivity index (χ4n) is 2.83. The molecule has 0 aromatic heterocycles. The zero-order valence-corrected chi connectivity index (χ0v) is 14.9. The Labute approximate surface area is 142 Å². The van der Waals surface area contributed by atoms with Crippen LogP contribution in [0.1, 0.15) is 20.3 Å². The molecule has 8 heteroatoms. The predicted molar refractivity (Wildman–Crippen MR) is 88.6 cm³/mol. The van der Waals surface area contributed by atoms with Gasteiger partial charge in [-0.15, -0.1) is 0 Å². The van der Waals surface area contributed by atoms with Gasteiger partial charge in [-0.25, -0.2) is 12.8 Å². The second-order valence-corrected chi connectivity index (χ2v) is 7.91. The van der Waals surface area contributed by atoms with E-state index in [2.05, 4.69) is 5.32 Å². The molecule has 0 radical (unpaired) electrons. The van der Waals surface area contributed by atoms with Gasteiger partial charge in [-0.05, 0) is 25.5 Å². The average molecular weight is 358 g/mol. The fraction of sp³-hybridized carbons (Fsp3) is 0.562. The molecule has 1 saturated heterocycles. The molecule has 2 rings (SSSR count). The van der Waals surface area contributed by atoms with E-state index in [0.29, 0.717) is 19.6 Å². The zero-order chi connectivity index (χ0) is 17.7. The van der Waals surface area contributed by atoms with Gasteiger partial charge in [0.2, 0.25) is 10.0 Å². The lowest BCUT2D eigenvalue weighted by Gasteiger charge is -2.34. The first-order valence-corrected chi connectivity index (χ1v) is 9.69. The van der Waals surface area contributed by atoms with E-state index in [1.165, 1.54) is 22.5 Å². The highest BCUT2D eigenvalue weighted by atomic mass is 32.2. The van der Waals surface area contributed by atoms with Crippen molar-refractivity contribution in [2.75, 3.05) is 32.7 Å². The van der Waals surface area contributed by atoms with E-state index in [0.717, 1.165) is 17.4 Å². The molecule has 1 atom stereocenters. The third-order valence-electron chi connectivity index (χ3n) is 4.37. The first-order valence-electron chi connectivity index (χ1n) is 8.25. The quantitative estimate of drug-likeness (QED) is 0.729. The smallest absolute Gasteiger partial charge is 0.278 e. The Morgan fingerprint density at radius 1 is 1.33 bits per heavy atom. The topological polar surface area (TPSA) is 70.9 Å². The van der Waals surface area contributed by atoms with Crippen molar-refractivity contribution in [2.45, 2.75) is 31.2 Å². The lowest BCUT2D eigenvalue weighted by molar-refractivity contribution is -0.917. The molecule has 0 bridgehead atoms. The lowest BCUT2D eigenvalue weighted by Crippen LogP contribution is -3.19. The van der Waals surface area contributed by atoms with Gasteiger partial charge in [0.05, 0.1) is 26.2 Å². The third-order valence-corrected chi connectivity index (χ3v) is 6.31. The van der Waals surface area contributed by atoms with Gasteiger partial charge in [-0.3, -0.25) is 4.79 Å². The van der Waals surface area contributed by atoms with E-state index in [4.69, 9.17) is 0 Å². The fourth-order valence-corrected chi connectivity index (χ4v) is 4.33. The molecule has 1 amide bonds. The molecule has 134 valence electrons. The molecule has 0 saturated carbocycles. The van der Waals surface area contributed by atoms with E-state index >= 15 is 0 Å². The number of rotatable bonds is 6. The minimum atomic E-state index is -3.83. The van der Waals surface area contributed by atoms with Crippen LogP contribution in [0, 0.1) is 5.82 Å². The second-order valence-electron chi connectivity index (χ2n) is 6.01. The number of carbonyl (C=O) groups excluding carboxylic acids is 1. The van der Waals surface area contributed by atoms with Crippen LogP contribution in [0.3, 0.4) is 0 Å². The van der Waals surface area contributed by atoms with Crippen molar-refractivity contribution in [2.24, 2.45) is 0 Å². The van der Waals surface area contributed by atoms with Crippen LogP contribution in [-0.2, 0) is 14.8 Å². The summed E-state index contributed by atoms with van der Waals surface area (Å²) in [5, 5.41) is 2.86. The number of sulfonamides is 1. The van der Waals surface area contributed by atoms with Crippen LogP contribution >= 0.6 is 0 Å². The zero-order valence-electron chi connectivity index (χ0n) is 14.1. The first kappa shape index (κ1) is 18.8. The molecule has 1 aromatic carbocycles. The van der Waals surface area contributed by atoms with Crippen LogP contribution in [0.2, 0.25) is 0 Å². The second kappa shape index (κ2) is 8.04. The van der Waals surface area contributed by atoms with Crippen LogP contribution in [0.4, 0.5) is 4.39 Å². The van der Waals surface area contributed by atoms with Gasteiger partial charge in [-0.2, -0.15) is 4.31 Å². The molecule has 2 N–H and O–H groups in total. The Morgan fingerprint density at radius 3 is 2.54 bits per heavy atom. The van der Waals surface area contributed by atoms with Gasteiger partial charge in [0.15, 0.2) is 6.04 Å². The van der Waals surface area contributed by atoms with Crippen molar-refractivity contribution in [1.29, 1.82) is 0 Å². The van der Waals surface area contributed by atoms with E-state index in [9.17, 15) is 17.6 Å². The van der Waals surface area contributed by atoms with Crippen LogP contribution in [0.25, 0.3) is 0 Å². The van der Waals surface area contributed by atoms with Gasteiger partial charge in [-0.1, -0.05) is 19.1 Å². The Balaban J connectivity index is 2.00. The molecular formula is C16H25FN3O3S+. The van der Waals surface area contributed by atoms with E-state index in [1.54, 1.807) is 0 Å². The van der Waals surface area contributed by atoms with Crippen molar-refractivity contribution in [3.63, 3.8) is 0 Å². The molecule has 1 aliphatic heterocycles. The number of benzene rings is 1. The summed E-state index contributed by atoms with van der Waals surface area (Å²) in [7, 11) is -3.83. The summed E-state index contributed by atoms with van der Waals surface area (Å²) in [6, 6.07) is 5.18. The van der Waals surface area contributed by atoms with Crippen LogP contribution in [0.5, 0.6) is 0 Å². The van der Waals surface area contributed by atoms with Crippen LogP contribution in [0.15, 0.2) is 29.2 Å². The Hall–Kier alpha value is -1.51. The number of carbonyl (C=O) groups is 1. The molecule has 0 unspecified atom stereocenters. The maximum absolute atomic E-state index is 13.8. The monoisotopic (exact) mass is 358 g/mol. The Bertz CT molecular complexity index is 673. The largest absolute Gasteiger partial charge is 0.351 e. The van der Waals surface area contributed by atoms with Crippen molar-refractivity contribution in [1.82, 2.24) is 9.62 Å². The normalized spacial score (nSPS) is 18.3. The number of nitrogens with one attached hydrogen (secondary N) is 2.